The zero-order chi connectivity index (χ0) is 9.23. The van der Waals surface area contributed by atoms with Crippen molar-refractivity contribution in [2.24, 2.45) is 0 Å². The molecule has 1 radical (unpaired) electrons. The third-order valence-corrected chi connectivity index (χ3v) is 1.32. The van der Waals surface area contributed by atoms with E-state index in [1.54, 1.807) is 0 Å². The highest BCUT2D eigenvalue weighted by molar-refractivity contribution is 4.81. The summed E-state index contributed by atoms with van der Waals surface area (Å²) in [5, 5.41) is 0. The van der Waals surface area contributed by atoms with Crippen LogP contribution in [0, 0.1) is 6.92 Å². The topological polar surface area (TPSA) is 9.23 Å². The smallest absolute Gasteiger partial charge is 0.238 e. The highest BCUT2D eigenvalue weighted by Gasteiger charge is 1.98. The predicted molar refractivity (Wildman–Crippen MR) is 45.2 cm³/mol. The zero-order valence-electron chi connectivity index (χ0n) is 7.14. The molecule has 0 aliphatic rings. The fourth-order valence-corrected chi connectivity index (χ4v) is 0.727. The fourth-order valence-electron chi connectivity index (χ4n) is 0.727. The highest BCUT2D eigenvalue weighted by atomic mass is 19.3. The van der Waals surface area contributed by atoms with Gasteiger partial charge < -0.3 is 4.74 Å². The maximum Gasteiger partial charge on any atom is 0.238 e. The number of alkyl halides is 2. The molecule has 12 heavy (non-hydrogen) atoms. The van der Waals surface area contributed by atoms with Gasteiger partial charge in [-0.05, 0) is 19.8 Å². The van der Waals surface area contributed by atoms with Crippen molar-refractivity contribution < 1.29 is 13.5 Å². The largest absolute Gasteiger partial charge is 0.377 e. The lowest BCUT2D eigenvalue weighted by Crippen LogP contribution is -1.90. The first-order valence-corrected chi connectivity index (χ1v) is 4.07. The van der Waals surface area contributed by atoms with E-state index in [2.05, 4.69) is 6.92 Å². The van der Waals surface area contributed by atoms with Crippen molar-refractivity contribution >= 4 is 0 Å². The van der Waals surface area contributed by atoms with Crippen molar-refractivity contribution in [1.29, 1.82) is 0 Å². The van der Waals surface area contributed by atoms with Gasteiger partial charge in [-0.15, -0.1) is 0 Å². The summed E-state index contributed by atoms with van der Waals surface area (Å²) in [6, 6.07) is 0. The monoisotopic (exact) mass is 177 g/mol. The van der Waals surface area contributed by atoms with E-state index in [1.165, 1.54) is 0 Å². The number of halogens is 2. The van der Waals surface area contributed by atoms with Gasteiger partial charge in [0.25, 0.3) is 0 Å². The molecule has 0 bridgehead atoms. The van der Waals surface area contributed by atoms with E-state index in [4.69, 9.17) is 4.74 Å². The summed E-state index contributed by atoms with van der Waals surface area (Å²) in [5.41, 5.74) is 0. The number of hydrogen-bond acceptors (Lipinski definition) is 1. The first-order chi connectivity index (χ1) is 5.77. The molecule has 0 aromatic carbocycles. The van der Waals surface area contributed by atoms with Gasteiger partial charge >= 0.3 is 0 Å². The van der Waals surface area contributed by atoms with Gasteiger partial charge in [0, 0.05) is 13.0 Å². The van der Waals surface area contributed by atoms with E-state index < -0.39 is 6.43 Å². The van der Waals surface area contributed by atoms with Crippen LogP contribution >= 0.6 is 0 Å². The molecule has 3 heteroatoms. The Hall–Kier alpha value is -0.440. The maximum absolute atomic E-state index is 11.6. The Morgan fingerprint density at radius 3 is 2.67 bits per heavy atom. The molecule has 0 fully saturated rings. The maximum atomic E-state index is 11.6. The summed E-state index contributed by atoms with van der Waals surface area (Å²) in [5.74, 6) is 0. The van der Waals surface area contributed by atoms with E-state index in [-0.39, 0.29) is 6.42 Å². The highest BCUT2D eigenvalue weighted by Crippen LogP contribution is 2.05. The Morgan fingerprint density at radius 2 is 2.08 bits per heavy atom. The molecule has 0 rings (SSSR count). The molecule has 0 aliphatic carbocycles. The van der Waals surface area contributed by atoms with Crippen LogP contribution in [0.1, 0.15) is 19.3 Å². The summed E-state index contributed by atoms with van der Waals surface area (Å²) in [4.78, 5) is 0. The quantitative estimate of drug-likeness (QED) is 0.429. The van der Waals surface area contributed by atoms with E-state index in [0.717, 1.165) is 0 Å². The van der Waals surface area contributed by atoms with Gasteiger partial charge in [-0.3, -0.25) is 0 Å². The summed E-state index contributed by atoms with van der Waals surface area (Å²) in [6.45, 7) is 4.46. The van der Waals surface area contributed by atoms with E-state index in [1.807, 2.05) is 12.2 Å². The average Bonchev–Trinajstić information content (AvgIpc) is 2.02. The molecule has 71 valence electrons. The van der Waals surface area contributed by atoms with Crippen LogP contribution in [-0.2, 0) is 4.74 Å². The second-order valence-electron chi connectivity index (χ2n) is 2.37. The Balaban J connectivity index is 3.03. The van der Waals surface area contributed by atoms with E-state index in [0.29, 0.717) is 26.1 Å². The molecule has 0 aliphatic heterocycles. The van der Waals surface area contributed by atoms with Gasteiger partial charge in [0.1, 0.15) is 0 Å². The number of rotatable bonds is 7. The van der Waals surface area contributed by atoms with Crippen LogP contribution in [-0.4, -0.2) is 19.6 Å². The predicted octanol–water partition coefficient (Wildman–Crippen LogP) is 2.83. The van der Waals surface area contributed by atoms with Gasteiger partial charge in [0.2, 0.25) is 6.43 Å². The molecule has 0 N–H and O–H groups in total. The van der Waals surface area contributed by atoms with Crippen LogP contribution < -0.4 is 0 Å². The molecule has 0 unspecified atom stereocenters. The van der Waals surface area contributed by atoms with Gasteiger partial charge in [-0.25, -0.2) is 8.78 Å². The summed E-state index contributed by atoms with van der Waals surface area (Å²) >= 11 is 0. The molecule has 0 heterocycles. The van der Waals surface area contributed by atoms with Crippen LogP contribution in [0.5, 0.6) is 0 Å². The molecular formula is C9H15F2O. The fraction of sp³-hybridized carbons (Fsp3) is 0.667. The Bertz CT molecular complexity index is 113. The van der Waals surface area contributed by atoms with Gasteiger partial charge in [0.15, 0.2) is 0 Å². The van der Waals surface area contributed by atoms with Crippen LogP contribution in [0.2, 0.25) is 0 Å². The van der Waals surface area contributed by atoms with Gasteiger partial charge in [-0.2, -0.15) is 0 Å². The van der Waals surface area contributed by atoms with E-state index >= 15 is 0 Å². The van der Waals surface area contributed by atoms with Gasteiger partial charge in [-0.1, -0.05) is 12.2 Å². The second-order valence-corrected chi connectivity index (χ2v) is 2.37. The number of ether oxygens (including phenoxy) is 1. The SMILES string of the molecule is [CH2]COCC=CCCCC(F)F. The lowest BCUT2D eigenvalue weighted by molar-refractivity contribution is 0.135. The van der Waals surface area contributed by atoms with Crippen LogP contribution in [0.15, 0.2) is 12.2 Å². The van der Waals surface area contributed by atoms with Crippen molar-refractivity contribution in [3.8, 4) is 0 Å². The standard InChI is InChI=1S/C9H15F2O/c1-2-12-8-6-4-3-5-7-9(10)11/h4,6,9H,1-3,5,7-8H2. The minimum absolute atomic E-state index is 0.0134. The molecule has 1 nitrogen and oxygen atoms in total. The molecule has 0 aromatic heterocycles. The first-order valence-electron chi connectivity index (χ1n) is 4.07. The third kappa shape index (κ3) is 9.56. The van der Waals surface area contributed by atoms with Crippen LogP contribution in [0.3, 0.4) is 0 Å². The van der Waals surface area contributed by atoms with Crippen LogP contribution in [0.25, 0.3) is 0 Å². The lowest BCUT2D eigenvalue weighted by Gasteiger charge is -1.95. The van der Waals surface area contributed by atoms with Crippen LogP contribution in [0.4, 0.5) is 8.78 Å². The first kappa shape index (κ1) is 11.6. The van der Waals surface area contributed by atoms with Crippen molar-refractivity contribution in [3.63, 3.8) is 0 Å². The van der Waals surface area contributed by atoms with Crippen molar-refractivity contribution in [1.82, 2.24) is 0 Å². The molecule has 0 aromatic rings. The zero-order valence-corrected chi connectivity index (χ0v) is 7.14. The normalized spacial score (nSPS) is 11.7. The molecular weight excluding hydrogens is 162 g/mol. The third-order valence-electron chi connectivity index (χ3n) is 1.32. The molecule has 0 spiro atoms. The molecule has 0 amide bonds. The average molecular weight is 177 g/mol. The molecule has 0 atom stereocenters. The number of allylic oxidation sites excluding steroid dienone is 1. The summed E-state index contributed by atoms with van der Waals surface area (Å²) in [7, 11) is 0. The van der Waals surface area contributed by atoms with Crippen molar-refractivity contribution in [2.45, 2.75) is 25.7 Å². The minimum Gasteiger partial charge on any atom is -0.377 e. The van der Waals surface area contributed by atoms with E-state index in [9.17, 15) is 8.78 Å². The van der Waals surface area contributed by atoms with Crippen molar-refractivity contribution in [2.75, 3.05) is 13.2 Å². The summed E-state index contributed by atoms with van der Waals surface area (Å²) in [6.07, 6.45) is 2.74. The molecule has 0 saturated carbocycles. The number of hydrogen-bond donors (Lipinski definition) is 0. The lowest BCUT2D eigenvalue weighted by atomic mass is 10.2. The van der Waals surface area contributed by atoms with Crippen molar-refractivity contribution in [3.05, 3.63) is 19.1 Å². The second kappa shape index (κ2) is 8.65. The Morgan fingerprint density at radius 1 is 1.33 bits per heavy atom. The minimum atomic E-state index is -2.17. The molecule has 0 saturated heterocycles. The summed E-state index contributed by atoms with van der Waals surface area (Å²) < 4.78 is 28.1. The Labute approximate surface area is 72.4 Å². The number of unbranched alkanes of at least 4 members (excludes halogenated alkanes) is 1. The Kier molecular flexibility index (Phi) is 8.34. The van der Waals surface area contributed by atoms with Gasteiger partial charge in [0.05, 0.1) is 6.61 Å².